The first-order valence-electron chi connectivity index (χ1n) is 4.86. The van der Waals surface area contributed by atoms with Crippen molar-refractivity contribution in [3.05, 3.63) is 12.3 Å². The molecule has 0 saturated heterocycles. The highest BCUT2D eigenvalue weighted by Crippen LogP contribution is 2.40. The molecule has 0 radical (unpaired) electrons. The summed E-state index contributed by atoms with van der Waals surface area (Å²) < 4.78 is 0. The van der Waals surface area contributed by atoms with Crippen LogP contribution in [0.2, 0.25) is 18.1 Å². The molecule has 1 fully saturated rings. The van der Waals surface area contributed by atoms with Gasteiger partial charge in [-0.2, -0.15) is 0 Å². The van der Waals surface area contributed by atoms with Crippen LogP contribution in [-0.4, -0.2) is 8.07 Å². The van der Waals surface area contributed by atoms with E-state index in [-0.39, 0.29) is 0 Å². The maximum atomic E-state index is 4.01. The van der Waals surface area contributed by atoms with Crippen LogP contribution in [0.1, 0.15) is 32.6 Å². The van der Waals surface area contributed by atoms with E-state index < -0.39 is 8.07 Å². The standard InChI is InChI=1S/C10H20Si/c1-4-11(3,5-2)10-8-6-7-9-10/h4,10H,1,5-9H2,2-3H3. The molecule has 11 heavy (non-hydrogen) atoms. The molecular formula is C10H20Si. The zero-order valence-corrected chi connectivity index (χ0v) is 8.90. The Bertz CT molecular complexity index is 136. The van der Waals surface area contributed by atoms with Gasteiger partial charge in [0.15, 0.2) is 0 Å². The van der Waals surface area contributed by atoms with Crippen molar-refractivity contribution >= 4 is 8.07 Å². The lowest BCUT2D eigenvalue weighted by Crippen LogP contribution is -2.31. The molecule has 0 aromatic carbocycles. The van der Waals surface area contributed by atoms with Crippen LogP contribution in [0.25, 0.3) is 0 Å². The van der Waals surface area contributed by atoms with Crippen LogP contribution in [0, 0.1) is 0 Å². The van der Waals surface area contributed by atoms with E-state index >= 15 is 0 Å². The Hall–Kier alpha value is -0.0431. The highest BCUT2D eigenvalue weighted by Gasteiger charge is 2.33. The highest BCUT2D eigenvalue weighted by atomic mass is 28.3. The first-order valence-corrected chi connectivity index (χ1v) is 7.72. The quantitative estimate of drug-likeness (QED) is 0.563. The van der Waals surface area contributed by atoms with Crippen molar-refractivity contribution in [3.8, 4) is 0 Å². The fraction of sp³-hybridized carbons (Fsp3) is 0.800. The summed E-state index contributed by atoms with van der Waals surface area (Å²) >= 11 is 0. The van der Waals surface area contributed by atoms with Crippen molar-refractivity contribution in [2.75, 3.05) is 0 Å². The summed E-state index contributed by atoms with van der Waals surface area (Å²) in [6.07, 6.45) is 5.92. The van der Waals surface area contributed by atoms with Crippen LogP contribution in [0.3, 0.4) is 0 Å². The van der Waals surface area contributed by atoms with Crippen molar-refractivity contribution in [1.82, 2.24) is 0 Å². The molecule has 0 nitrogen and oxygen atoms in total. The maximum absolute atomic E-state index is 4.01. The lowest BCUT2D eigenvalue weighted by Gasteiger charge is -2.28. The second-order valence-electron chi connectivity index (χ2n) is 4.04. The Morgan fingerprint density at radius 1 is 1.45 bits per heavy atom. The summed E-state index contributed by atoms with van der Waals surface area (Å²) in [6.45, 7) is 8.85. The first kappa shape index (κ1) is 9.05. The molecule has 1 atom stereocenters. The normalized spacial score (nSPS) is 24.9. The van der Waals surface area contributed by atoms with E-state index in [1.54, 1.807) is 0 Å². The molecule has 1 rings (SSSR count). The highest BCUT2D eigenvalue weighted by molar-refractivity contribution is 6.84. The van der Waals surface area contributed by atoms with Crippen LogP contribution in [0.15, 0.2) is 12.3 Å². The topological polar surface area (TPSA) is 0 Å². The lowest BCUT2D eigenvalue weighted by molar-refractivity contribution is 0.835. The van der Waals surface area contributed by atoms with Crippen molar-refractivity contribution in [3.63, 3.8) is 0 Å². The van der Waals surface area contributed by atoms with Gasteiger partial charge < -0.3 is 0 Å². The number of hydrogen-bond donors (Lipinski definition) is 0. The summed E-state index contributed by atoms with van der Waals surface area (Å²) in [5.41, 5.74) is 3.37. The Morgan fingerprint density at radius 2 is 2.00 bits per heavy atom. The lowest BCUT2D eigenvalue weighted by atomic mass is 10.4. The minimum Gasteiger partial charge on any atom is -0.107 e. The Labute approximate surface area is 71.7 Å². The average Bonchev–Trinajstić information content (AvgIpc) is 2.55. The van der Waals surface area contributed by atoms with Crippen LogP contribution in [-0.2, 0) is 0 Å². The third kappa shape index (κ3) is 1.75. The molecule has 0 aromatic rings. The molecule has 1 aliphatic rings. The summed E-state index contributed by atoms with van der Waals surface area (Å²) in [6, 6.07) is 1.39. The van der Waals surface area contributed by atoms with Gasteiger partial charge in [-0.1, -0.05) is 45.2 Å². The third-order valence-electron chi connectivity index (χ3n) is 3.52. The number of hydrogen-bond acceptors (Lipinski definition) is 0. The molecule has 1 heteroatoms. The van der Waals surface area contributed by atoms with Gasteiger partial charge in [-0.3, -0.25) is 0 Å². The Kier molecular flexibility index (Phi) is 2.94. The van der Waals surface area contributed by atoms with E-state index in [1.165, 1.54) is 31.7 Å². The van der Waals surface area contributed by atoms with Crippen molar-refractivity contribution in [1.29, 1.82) is 0 Å². The minimum atomic E-state index is -1.00. The second kappa shape index (κ2) is 3.57. The van der Waals surface area contributed by atoms with Gasteiger partial charge in [0, 0.05) is 0 Å². The second-order valence-corrected chi connectivity index (χ2v) is 8.99. The van der Waals surface area contributed by atoms with Crippen molar-refractivity contribution in [2.24, 2.45) is 0 Å². The van der Waals surface area contributed by atoms with E-state index in [2.05, 4.69) is 25.7 Å². The van der Waals surface area contributed by atoms with Gasteiger partial charge in [-0.25, -0.2) is 0 Å². The van der Waals surface area contributed by atoms with Gasteiger partial charge in [0.2, 0.25) is 0 Å². The SMILES string of the molecule is C=C[Si](C)(CC)C1CCCC1. The monoisotopic (exact) mass is 168 g/mol. The number of rotatable bonds is 3. The summed E-state index contributed by atoms with van der Waals surface area (Å²) in [5.74, 6) is 0. The average molecular weight is 168 g/mol. The van der Waals surface area contributed by atoms with Crippen LogP contribution in [0.5, 0.6) is 0 Å². The van der Waals surface area contributed by atoms with Crippen LogP contribution < -0.4 is 0 Å². The molecule has 0 bridgehead atoms. The molecule has 1 saturated carbocycles. The summed E-state index contributed by atoms with van der Waals surface area (Å²) in [5, 5.41) is 0. The predicted molar refractivity (Wildman–Crippen MR) is 54.5 cm³/mol. The predicted octanol–water partition coefficient (Wildman–Crippen LogP) is 3.75. The fourth-order valence-corrected chi connectivity index (χ4v) is 5.11. The molecular weight excluding hydrogens is 148 g/mol. The van der Waals surface area contributed by atoms with Gasteiger partial charge in [0.1, 0.15) is 0 Å². The van der Waals surface area contributed by atoms with E-state index in [4.69, 9.17) is 0 Å². The van der Waals surface area contributed by atoms with Gasteiger partial charge in [-0.05, 0) is 5.54 Å². The van der Waals surface area contributed by atoms with Gasteiger partial charge in [-0.15, -0.1) is 12.3 Å². The van der Waals surface area contributed by atoms with Crippen LogP contribution in [0.4, 0.5) is 0 Å². The van der Waals surface area contributed by atoms with E-state index in [1.807, 2.05) is 0 Å². The van der Waals surface area contributed by atoms with Crippen LogP contribution >= 0.6 is 0 Å². The molecule has 0 aliphatic heterocycles. The smallest absolute Gasteiger partial charge is 0.0767 e. The molecule has 0 amide bonds. The molecule has 64 valence electrons. The molecule has 0 spiro atoms. The summed E-state index contributed by atoms with van der Waals surface area (Å²) in [4.78, 5) is 0. The molecule has 1 unspecified atom stereocenters. The molecule has 1 aliphatic carbocycles. The molecule has 0 aromatic heterocycles. The maximum Gasteiger partial charge on any atom is 0.0767 e. The van der Waals surface area contributed by atoms with E-state index in [9.17, 15) is 0 Å². The minimum absolute atomic E-state index is 1.00. The first-order chi connectivity index (χ1) is 5.23. The zero-order chi connectivity index (χ0) is 8.32. The Morgan fingerprint density at radius 3 is 2.36 bits per heavy atom. The van der Waals surface area contributed by atoms with E-state index in [0.717, 1.165) is 5.54 Å². The van der Waals surface area contributed by atoms with Gasteiger partial charge >= 0.3 is 0 Å². The van der Waals surface area contributed by atoms with Gasteiger partial charge in [0.25, 0.3) is 0 Å². The molecule has 0 heterocycles. The zero-order valence-electron chi connectivity index (χ0n) is 7.90. The van der Waals surface area contributed by atoms with E-state index in [0.29, 0.717) is 0 Å². The third-order valence-corrected chi connectivity index (χ3v) is 8.41. The summed E-state index contributed by atoms with van der Waals surface area (Å²) in [7, 11) is -1.00. The largest absolute Gasteiger partial charge is 0.107 e. The molecule has 0 N–H and O–H groups in total. The van der Waals surface area contributed by atoms with Crippen molar-refractivity contribution in [2.45, 2.75) is 50.7 Å². The Balaban J connectivity index is 2.59. The van der Waals surface area contributed by atoms with Crippen molar-refractivity contribution < 1.29 is 0 Å². The fourth-order valence-electron chi connectivity index (χ4n) is 2.18. The van der Waals surface area contributed by atoms with Gasteiger partial charge in [0.05, 0.1) is 8.07 Å².